The number of amides is 2. The molecule has 0 aromatic heterocycles. The molecule has 36 heavy (non-hydrogen) atoms. The number of nitrogens with zero attached hydrogens (tertiary/aromatic N) is 3. The van der Waals surface area contributed by atoms with Crippen molar-refractivity contribution in [1.82, 2.24) is 14.5 Å². The van der Waals surface area contributed by atoms with Gasteiger partial charge in [0.2, 0.25) is 11.8 Å². The van der Waals surface area contributed by atoms with Gasteiger partial charge in [0.05, 0.1) is 5.69 Å². The summed E-state index contributed by atoms with van der Waals surface area (Å²) in [4.78, 5) is 28.4. The number of benzene rings is 2. The molecule has 0 fully saturated rings. The fourth-order valence-electron chi connectivity index (χ4n) is 3.54. The van der Waals surface area contributed by atoms with E-state index in [1.165, 1.54) is 19.0 Å². The molecule has 0 aliphatic heterocycles. The molecule has 0 bridgehead atoms. The quantitative estimate of drug-likeness (QED) is 0.471. The van der Waals surface area contributed by atoms with Crippen LogP contribution in [0.1, 0.15) is 39.7 Å². The van der Waals surface area contributed by atoms with Crippen LogP contribution in [-0.2, 0) is 26.3 Å². The predicted octanol–water partition coefficient (Wildman–Crippen LogP) is 4.33. The molecule has 1 N–H and O–H groups in total. The average molecular weight is 558 g/mol. The van der Waals surface area contributed by atoms with Crippen molar-refractivity contribution < 1.29 is 18.0 Å². The maximum absolute atomic E-state index is 13.8. The van der Waals surface area contributed by atoms with Crippen molar-refractivity contribution in [3.8, 4) is 0 Å². The number of halogens is 2. The molecule has 0 saturated heterocycles. The minimum atomic E-state index is -4.02. The Labute approximate surface area is 224 Å². The first-order chi connectivity index (χ1) is 16.7. The fourth-order valence-corrected chi connectivity index (χ4v) is 5.11. The number of hydrogen-bond acceptors (Lipinski definition) is 4. The third-order valence-electron chi connectivity index (χ3n) is 5.34. The van der Waals surface area contributed by atoms with Crippen LogP contribution in [0.15, 0.2) is 48.5 Å². The van der Waals surface area contributed by atoms with Crippen LogP contribution in [0.2, 0.25) is 10.0 Å². The van der Waals surface area contributed by atoms with Gasteiger partial charge in [-0.3, -0.25) is 9.59 Å². The van der Waals surface area contributed by atoms with Gasteiger partial charge in [0.15, 0.2) is 0 Å². The second-order valence-electron chi connectivity index (χ2n) is 9.52. The largest absolute Gasteiger partial charge is 0.350 e. The van der Waals surface area contributed by atoms with Gasteiger partial charge in [0.1, 0.15) is 12.6 Å². The van der Waals surface area contributed by atoms with Crippen molar-refractivity contribution in [3.63, 3.8) is 0 Å². The summed E-state index contributed by atoms with van der Waals surface area (Å²) >= 11 is 12.8. The summed E-state index contributed by atoms with van der Waals surface area (Å²) in [6, 6.07) is 12.4. The van der Waals surface area contributed by atoms with Gasteiger partial charge in [0, 0.05) is 41.8 Å². The number of nitrogens with one attached hydrogen (secondary N) is 1. The van der Waals surface area contributed by atoms with E-state index < -0.39 is 34.2 Å². The number of carbonyl (C=O) groups is 2. The minimum absolute atomic E-state index is 0.0714. The first-order valence-electron chi connectivity index (χ1n) is 11.5. The van der Waals surface area contributed by atoms with E-state index in [1.54, 1.807) is 55.5 Å². The zero-order valence-corrected chi connectivity index (χ0v) is 23.8. The number of carbonyl (C=O) groups excluding carboxylic acids is 2. The highest BCUT2D eigenvalue weighted by atomic mass is 35.5. The lowest BCUT2D eigenvalue weighted by molar-refractivity contribution is -0.141. The van der Waals surface area contributed by atoms with E-state index in [9.17, 15) is 18.0 Å². The predicted molar refractivity (Wildman–Crippen MR) is 145 cm³/mol. The summed E-state index contributed by atoms with van der Waals surface area (Å²) in [5, 5.41) is 3.60. The van der Waals surface area contributed by atoms with Crippen molar-refractivity contribution in [2.45, 2.75) is 52.2 Å². The SMILES string of the molecule is CC[C@H](C(=O)NC(C)(C)C)N(Cc1c(Cl)cccc1Cl)C(=O)CN(c1ccccc1)S(=O)(=O)N(C)C. The second kappa shape index (κ2) is 12.3. The van der Waals surface area contributed by atoms with Gasteiger partial charge in [-0.25, -0.2) is 4.31 Å². The monoisotopic (exact) mass is 556 g/mol. The average Bonchev–Trinajstić information content (AvgIpc) is 2.78. The molecule has 1 atom stereocenters. The van der Waals surface area contributed by atoms with Crippen LogP contribution in [-0.4, -0.2) is 61.7 Å². The van der Waals surface area contributed by atoms with Gasteiger partial charge in [-0.15, -0.1) is 0 Å². The Morgan fingerprint density at radius 1 is 0.972 bits per heavy atom. The summed E-state index contributed by atoms with van der Waals surface area (Å²) in [5.74, 6) is -0.931. The lowest BCUT2D eigenvalue weighted by atomic mass is 10.1. The smallest absolute Gasteiger partial charge is 0.304 e. The Hall–Kier alpha value is -2.33. The van der Waals surface area contributed by atoms with Gasteiger partial charge < -0.3 is 10.2 Å². The zero-order chi connectivity index (χ0) is 27.3. The highest BCUT2D eigenvalue weighted by molar-refractivity contribution is 7.90. The number of hydrogen-bond donors (Lipinski definition) is 1. The van der Waals surface area contributed by atoms with E-state index in [0.29, 0.717) is 27.7 Å². The molecule has 2 aromatic rings. The van der Waals surface area contributed by atoms with Crippen molar-refractivity contribution in [3.05, 3.63) is 64.1 Å². The van der Waals surface area contributed by atoms with Crippen molar-refractivity contribution in [2.75, 3.05) is 24.9 Å². The Kier molecular flexibility index (Phi) is 10.2. The molecule has 0 aliphatic rings. The van der Waals surface area contributed by atoms with Crippen LogP contribution in [0.3, 0.4) is 0 Å². The molecule has 0 spiro atoms. The molecule has 2 rings (SSSR count). The highest BCUT2D eigenvalue weighted by Gasteiger charge is 2.35. The molecular formula is C25H34Cl2N4O4S. The number of rotatable bonds is 10. The van der Waals surface area contributed by atoms with Crippen LogP contribution in [0.4, 0.5) is 5.69 Å². The molecule has 11 heteroatoms. The first kappa shape index (κ1) is 29.9. The van der Waals surface area contributed by atoms with E-state index >= 15 is 0 Å². The Bertz CT molecular complexity index is 1150. The van der Waals surface area contributed by atoms with E-state index in [0.717, 1.165) is 8.61 Å². The second-order valence-corrected chi connectivity index (χ2v) is 12.4. The lowest BCUT2D eigenvalue weighted by Gasteiger charge is -2.35. The summed E-state index contributed by atoms with van der Waals surface area (Å²) in [6.07, 6.45) is 0.293. The molecule has 0 heterocycles. The number of para-hydroxylation sites is 1. The standard InChI is InChI=1S/C25H34Cl2N4O4S/c1-7-22(24(33)28-25(2,3)4)30(16-19-20(26)14-11-15-21(19)27)23(32)17-31(36(34,35)29(5)6)18-12-9-8-10-13-18/h8-15,22H,7,16-17H2,1-6H3,(H,28,33)/t22-/m1/s1. The highest BCUT2D eigenvalue weighted by Crippen LogP contribution is 2.28. The van der Waals surface area contributed by atoms with Gasteiger partial charge in [-0.05, 0) is 51.5 Å². The van der Waals surface area contributed by atoms with Crippen molar-refractivity contribution >= 4 is 50.9 Å². The molecule has 2 amide bonds. The van der Waals surface area contributed by atoms with Gasteiger partial charge >= 0.3 is 10.2 Å². The third kappa shape index (κ3) is 7.59. The lowest BCUT2D eigenvalue weighted by Crippen LogP contribution is -2.55. The molecule has 0 radical (unpaired) electrons. The minimum Gasteiger partial charge on any atom is -0.350 e. The Balaban J connectivity index is 2.56. The van der Waals surface area contributed by atoms with Crippen LogP contribution in [0.5, 0.6) is 0 Å². The Morgan fingerprint density at radius 3 is 2.00 bits per heavy atom. The van der Waals surface area contributed by atoms with Crippen LogP contribution in [0, 0.1) is 0 Å². The molecule has 2 aromatic carbocycles. The summed E-state index contributed by atoms with van der Waals surface area (Å²) in [5.41, 5.74) is 0.256. The van der Waals surface area contributed by atoms with E-state index in [-0.39, 0.29) is 12.5 Å². The normalized spacial score (nSPS) is 12.8. The third-order valence-corrected chi connectivity index (χ3v) is 7.87. The van der Waals surface area contributed by atoms with E-state index in [4.69, 9.17) is 23.2 Å². The van der Waals surface area contributed by atoms with Gasteiger partial charge in [-0.1, -0.05) is 54.4 Å². The van der Waals surface area contributed by atoms with Crippen LogP contribution < -0.4 is 9.62 Å². The fraction of sp³-hybridized carbons (Fsp3) is 0.440. The van der Waals surface area contributed by atoms with Crippen LogP contribution in [0.25, 0.3) is 0 Å². The molecule has 0 saturated carbocycles. The molecular weight excluding hydrogens is 523 g/mol. The van der Waals surface area contributed by atoms with Crippen molar-refractivity contribution in [2.24, 2.45) is 0 Å². The molecule has 0 unspecified atom stereocenters. The maximum Gasteiger partial charge on any atom is 0.304 e. The molecule has 8 nitrogen and oxygen atoms in total. The number of anilines is 1. The summed E-state index contributed by atoms with van der Waals surface area (Å²) < 4.78 is 28.4. The van der Waals surface area contributed by atoms with Gasteiger partial charge in [0.25, 0.3) is 0 Å². The Morgan fingerprint density at radius 2 is 1.53 bits per heavy atom. The molecule has 0 aliphatic carbocycles. The first-order valence-corrected chi connectivity index (χ1v) is 13.6. The summed E-state index contributed by atoms with van der Waals surface area (Å²) in [7, 11) is -1.24. The topological polar surface area (TPSA) is 90.0 Å². The van der Waals surface area contributed by atoms with E-state index in [1.807, 2.05) is 20.8 Å². The van der Waals surface area contributed by atoms with E-state index in [2.05, 4.69) is 5.32 Å². The van der Waals surface area contributed by atoms with Gasteiger partial charge in [-0.2, -0.15) is 12.7 Å². The van der Waals surface area contributed by atoms with Crippen LogP contribution >= 0.6 is 23.2 Å². The molecule has 198 valence electrons. The maximum atomic E-state index is 13.8. The van der Waals surface area contributed by atoms with Crippen molar-refractivity contribution in [1.29, 1.82) is 0 Å². The summed E-state index contributed by atoms with van der Waals surface area (Å²) in [6.45, 7) is 6.72. The zero-order valence-electron chi connectivity index (χ0n) is 21.5.